The van der Waals surface area contributed by atoms with E-state index in [9.17, 15) is 4.39 Å². The van der Waals surface area contributed by atoms with Gasteiger partial charge in [0.25, 0.3) is 0 Å². The van der Waals surface area contributed by atoms with E-state index in [1.165, 1.54) is 6.07 Å². The van der Waals surface area contributed by atoms with E-state index in [2.05, 4.69) is 0 Å². The van der Waals surface area contributed by atoms with Crippen LogP contribution in [0.5, 0.6) is 0 Å². The predicted molar refractivity (Wildman–Crippen MR) is 62.1 cm³/mol. The molecule has 0 saturated carbocycles. The summed E-state index contributed by atoms with van der Waals surface area (Å²) in [5.41, 5.74) is 6.60. The SMILES string of the molecule is NC(Cc1ccc(Cl)cc1F)C1CCCO1. The molecule has 1 aliphatic rings. The van der Waals surface area contributed by atoms with Gasteiger partial charge < -0.3 is 10.5 Å². The molecule has 0 amide bonds. The molecule has 1 aliphatic heterocycles. The summed E-state index contributed by atoms with van der Waals surface area (Å²) in [6.07, 6.45) is 2.57. The van der Waals surface area contributed by atoms with Crippen molar-refractivity contribution in [2.75, 3.05) is 6.61 Å². The number of hydrogen-bond acceptors (Lipinski definition) is 2. The monoisotopic (exact) mass is 243 g/mol. The van der Waals surface area contributed by atoms with Crippen molar-refractivity contribution in [2.45, 2.75) is 31.4 Å². The van der Waals surface area contributed by atoms with Gasteiger partial charge in [0.1, 0.15) is 5.82 Å². The molecule has 2 atom stereocenters. The third-order valence-corrected chi connectivity index (χ3v) is 3.15. The minimum absolute atomic E-state index is 0.0649. The van der Waals surface area contributed by atoms with Gasteiger partial charge in [0.2, 0.25) is 0 Å². The van der Waals surface area contributed by atoms with Crippen LogP contribution in [0.15, 0.2) is 18.2 Å². The summed E-state index contributed by atoms with van der Waals surface area (Å²) in [5.74, 6) is -0.291. The van der Waals surface area contributed by atoms with E-state index in [1.54, 1.807) is 12.1 Å². The van der Waals surface area contributed by atoms with Crippen molar-refractivity contribution in [3.63, 3.8) is 0 Å². The Morgan fingerprint density at radius 1 is 1.56 bits per heavy atom. The van der Waals surface area contributed by atoms with Crippen LogP contribution < -0.4 is 5.73 Å². The van der Waals surface area contributed by atoms with Gasteiger partial charge in [-0.05, 0) is 37.0 Å². The molecule has 0 spiro atoms. The molecule has 2 N–H and O–H groups in total. The van der Waals surface area contributed by atoms with Crippen molar-refractivity contribution in [3.05, 3.63) is 34.6 Å². The molecule has 2 nitrogen and oxygen atoms in total. The van der Waals surface area contributed by atoms with Crippen LogP contribution in [0.25, 0.3) is 0 Å². The number of hydrogen-bond donors (Lipinski definition) is 1. The highest BCUT2D eigenvalue weighted by molar-refractivity contribution is 6.30. The summed E-state index contributed by atoms with van der Waals surface area (Å²) in [4.78, 5) is 0. The molecule has 4 heteroatoms. The minimum atomic E-state index is -0.291. The molecule has 16 heavy (non-hydrogen) atoms. The Hall–Kier alpha value is -0.640. The second kappa shape index (κ2) is 5.13. The number of nitrogens with two attached hydrogens (primary N) is 1. The summed E-state index contributed by atoms with van der Waals surface area (Å²) in [6, 6.07) is 4.55. The number of ether oxygens (including phenoxy) is 1. The molecule has 88 valence electrons. The lowest BCUT2D eigenvalue weighted by Crippen LogP contribution is -2.36. The summed E-state index contributed by atoms with van der Waals surface area (Å²) in [5, 5.41) is 0.409. The van der Waals surface area contributed by atoms with Gasteiger partial charge in [0.15, 0.2) is 0 Å². The second-order valence-electron chi connectivity index (χ2n) is 4.16. The van der Waals surface area contributed by atoms with Crippen LogP contribution in [-0.4, -0.2) is 18.8 Å². The maximum atomic E-state index is 13.5. The lowest BCUT2D eigenvalue weighted by molar-refractivity contribution is 0.0898. The van der Waals surface area contributed by atoms with E-state index in [4.69, 9.17) is 22.1 Å². The summed E-state index contributed by atoms with van der Waals surface area (Å²) in [7, 11) is 0. The lowest BCUT2D eigenvalue weighted by Gasteiger charge is -2.18. The zero-order valence-electron chi connectivity index (χ0n) is 8.96. The average Bonchev–Trinajstić information content (AvgIpc) is 2.75. The first-order valence-corrected chi connectivity index (χ1v) is 5.86. The molecular formula is C12H15ClFNO. The molecule has 1 aromatic rings. The van der Waals surface area contributed by atoms with Gasteiger partial charge in [-0.25, -0.2) is 4.39 Å². The van der Waals surface area contributed by atoms with Crippen LogP contribution in [0.3, 0.4) is 0 Å². The normalized spacial score (nSPS) is 22.3. The topological polar surface area (TPSA) is 35.2 Å². The largest absolute Gasteiger partial charge is 0.377 e. The highest BCUT2D eigenvalue weighted by Gasteiger charge is 2.23. The van der Waals surface area contributed by atoms with Crippen LogP contribution in [0.4, 0.5) is 4.39 Å². The minimum Gasteiger partial charge on any atom is -0.377 e. The Balaban J connectivity index is 2.02. The molecule has 1 fully saturated rings. The average molecular weight is 244 g/mol. The second-order valence-corrected chi connectivity index (χ2v) is 4.59. The molecule has 0 radical (unpaired) electrons. The molecule has 1 saturated heterocycles. The van der Waals surface area contributed by atoms with Crippen LogP contribution >= 0.6 is 11.6 Å². The van der Waals surface area contributed by atoms with Gasteiger partial charge in [0, 0.05) is 17.7 Å². The number of halogens is 2. The first kappa shape index (κ1) is 11.8. The van der Waals surface area contributed by atoms with Crippen LogP contribution in [0.1, 0.15) is 18.4 Å². The van der Waals surface area contributed by atoms with E-state index in [0.717, 1.165) is 19.4 Å². The molecule has 0 aliphatic carbocycles. The molecule has 0 aromatic heterocycles. The smallest absolute Gasteiger partial charge is 0.127 e. The Labute approximate surface area is 99.5 Å². The van der Waals surface area contributed by atoms with Crippen molar-refractivity contribution in [2.24, 2.45) is 5.73 Å². The summed E-state index contributed by atoms with van der Waals surface area (Å²) in [6.45, 7) is 0.765. The van der Waals surface area contributed by atoms with Gasteiger partial charge in [-0.1, -0.05) is 17.7 Å². The first-order chi connectivity index (χ1) is 7.66. The van der Waals surface area contributed by atoms with Crippen LogP contribution in [0, 0.1) is 5.82 Å². The molecule has 2 rings (SSSR count). The Morgan fingerprint density at radius 3 is 3.00 bits per heavy atom. The maximum absolute atomic E-state index is 13.5. The lowest BCUT2D eigenvalue weighted by atomic mass is 10.00. The molecule has 1 aromatic carbocycles. The standard InChI is InChI=1S/C12H15ClFNO/c13-9-4-3-8(10(14)7-9)6-11(15)12-2-1-5-16-12/h3-4,7,11-12H,1-2,5-6,15H2. The van der Waals surface area contributed by atoms with Crippen LogP contribution in [0.2, 0.25) is 5.02 Å². The fourth-order valence-corrected chi connectivity index (χ4v) is 2.17. The highest BCUT2D eigenvalue weighted by atomic mass is 35.5. The van der Waals surface area contributed by atoms with Gasteiger partial charge in [-0.3, -0.25) is 0 Å². The van der Waals surface area contributed by atoms with E-state index in [-0.39, 0.29) is 18.0 Å². The van der Waals surface area contributed by atoms with Gasteiger partial charge in [-0.2, -0.15) is 0 Å². The first-order valence-electron chi connectivity index (χ1n) is 5.48. The third kappa shape index (κ3) is 2.73. The van der Waals surface area contributed by atoms with E-state index in [0.29, 0.717) is 17.0 Å². The Morgan fingerprint density at radius 2 is 2.38 bits per heavy atom. The quantitative estimate of drug-likeness (QED) is 0.886. The molecular weight excluding hydrogens is 229 g/mol. The van der Waals surface area contributed by atoms with Crippen molar-refractivity contribution < 1.29 is 9.13 Å². The summed E-state index contributed by atoms with van der Waals surface area (Å²) < 4.78 is 19.0. The van der Waals surface area contributed by atoms with Crippen molar-refractivity contribution in [1.82, 2.24) is 0 Å². The Kier molecular flexibility index (Phi) is 3.79. The van der Waals surface area contributed by atoms with E-state index in [1.807, 2.05) is 0 Å². The molecule has 2 unspecified atom stereocenters. The Bertz CT molecular complexity index is 366. The zero-order chi connectivity index (χ0) is 11.5. The van der Waals surface area contributed by atoms with Crippen molar-refractivity contribution in [1.29, 1.82) is 0 Å². The maximum Gasteiger partial charge on any atom is 0.127 e. The fourth-order valence-electron chi connectivity index (χ4n) is 2.01. The van der Waals surface area contributed by atoms with Gasteiger partial charge in [-0.15, -0.1) is 0 Å². The highest BCUT2D eigenvalue weighted by Crippen LogP contribution is 2.20. The van der Waals surface area contributed by atoms with Gasteiger partial charge in [0.05, 0.1) is 6.10 Å². The van der Waals surface area contributed by atoms with E-state index < -0.39 is 0 Å². The predicted octanol–water partition coefficient (Wildman–Crippen LogP) is 2.53. The van der Waals surface area contributed by atoms with Gasteiger partial charge >= 0.3 is 0 Å². The number of benzene rings is 1. The summed E-state index contributed by atoms with van der Waals surface area (Å²) >= 11 is 5.68. The third-order valence-electron chi connectivity index (χ3n) is 2.91. The molecule has 0 bridgehead atoms. The fraction of sp³-hybridized carbons (Fsp3) is 0.500. The van der Waals surface area contributed by atoms with E-state index >= 15 is 0 Å². The molecule has 1 heterocycles. The van der Waals surface area contributed by atoms with Crippen molar-refractivity contribution in [3.8, 4) is 0 Å². The zero-order valence-corrected chi connectivity index (χ0v) is 9.71. The number of rotatable bonds is 3. The van der Waals surface area contributed by atoms with Crippen molar-refractivity contribution >= 4 is 11.6 Å². The van der Waals surface area contributed by atoms with Crippen LogP contribution in [-0.2, 0) is 11.2 Å².